The number of nitrogens with one attached hydrogen (secondary N) is 1. The molecule has 164 valence electrons. The highest BCUT2D eigenvalue weighted by molar-refractivity contribution is 5.84. The van der Waals surface area contributed by atoms with E-state index in [1.54, 1.807) is 7.11 Å². The Labute approximate surface area is 180 Å². The second-order valence-corrected chi connectivity index (χ2v) is 8.54. The predicted octanol–water partition coefficient (Wildman–Crippen LogP) is 3.63. The molecule has 1 N–H and O–H groups in total. The normalized spacial score (nSPS) is 24.5. The molecule has 1 aromatic carbocycles. The Hall–Kier alpha value is -2.71. The molecule has 8 heteroatoms. The zero-order valence-corrected chi connectivity index (χ0v) is 18.2. The Balaban J connectivity index is 1.60. The van der Waals surface area contributed by atoms with Gasteiger partial charge in [0.05, 0.1) is 29.4 Å². The molecule has 1 unspecified atom stereocenters. The van der Waals surface area contributed by atoms with Gasteiger partial charge in [-0.25, -0.2) is 4.98 Å². The van der Waals surface area contributed by atoms with Crippen LogP contribution in [0.15, 0.2) is 22.7 Å². The Kier molecular flexibility index (Phi) is 5.27. The first-order valence-electron chi connectivity index (χ1n) is 10.9. The van der Waals surface area contributed by atoms with Gasteiger partial charge in [0.1, 0.15) is 24.2 Å². The predicted molar refractivity (Wildman–Crippen MR) is 115 cm³/mol. The third-order valence-electron chi connectivity index (χ3n) is 6.55. The van der Waals surface area contributed by atoms with Crippen molar-refractivity contribution < 1.29 is 18.8 Å². The summed E-state index contributed by atoms with van der Waals surface area (Å²) >= 11 is 0. The lowest BCUT2D eigenvalue weighted by Crippen LogP contribution is -2.41. The number of nitrogens with zero attached hydrogens (tertiary/aromatic N) is 3. The fourth-order valence-corrected chi connectivity index (χ4v) is 5.02. The van der Waals surface area contributed by atoms with Gasteiger partial charge in [0.15, 0.2) is 0 Å². The largest absolute Gasteiger partial charge is 0.381 e. The standard InChI is InChI=1S/C23H28N4O4/c1-13-22(14(2)31-26-13)15-4-9-20-18(10-15)25-23(19-11-30-12-21(28)24-19)27(20)16-5-7-17(29-3)8-6-16/h4,9-10,16-17,19H,5-8,11-12H2,1-3H3,(H,24,28). The maximum Gasteiger partial charge on any atom is 0.246 e. The van der Waals surface area contributed by atoms with Crippen molar-refractivity contribution in [3.05, 3.63) is 35.5 Å². The maximum absolute atomic E-state index is 12.0. The summed E-state index contributed by atoms with van der Waals surface area (Å²) in [7, 11) is 1.79. The smallest absolute Gasteiger partial charge is 0.246 e. The van der Waals surface area contributed by atoms with E-state index in [4.69, 9.17) is 19.0 Å². The molecule has 2 aliphatic rings. The molecule has 0 spiro atoms. The van der Waals surface area contributed by atoms with Gasteiger partial charge >= 0.3 is 0 Å². The van der Waals surface area contributed by atoms with Gasteiger partial charge in [-0.2, -0.15) is 0 Å². The van der Waals surface area contributed by atoms with Gasteiger partial charge in [-0.1, -0.05) is 11.2 Å². The summed E-state index contributed by atoms with van der Waals surface area (Å²) in [5, 5.41) is 7.15. The number of ether oxygens (including phenoxy) is 2. The van der Waals surface area contributed by atoms with Gasteiger partial charge in [-0.05, 0) is 57.2 Å². The molecule has 1 aliphatic heterocycles. The monoisotopic (exact) mass is 424 g/mol. The zero-order chi connectivity index (χ0) is 21.5. The highest BCUT2D eigenvalue weighted by Gasteiger charge is 2.31. The van der Waals surface area contributed by atoms with Crippen molar-refractivity contribution in [2.24, 2.45) is 0 Å². The number of carbonyl (C=O) groups is 1. The number of benzene rings is 1. The zero-order valence-electron chi connectivity index (χ0n) is 18.2. The van der Waals surface area contributed by atoms with Crippen molar-refractivity contribution in [3.8, 4) is 11.1 Å². The number of amides is 1. The topological polar surface area (TPSA) is 91.4 Å². The van der Waals surface area contributed by atoms with Crippen LogP contribution in [-0.2, 0) is 14.3 Å². The molecular weight excluding hydrogens is 396 g/mol. The summed E-state index contributed by atoms with van der Waals surface area (Å²) in [4.78, 5) is 17.0. The summed E-state index contributed by atoms with van der Waals surface area (Å²) < 4.78 is 18.8. The van der Waals surface area contributed by atoms with Crippen LogP contribution >= 0.6 is 0 Å². The first kappa shape index (κ1) is 20.2. The minimum Gasteiger partial charge on any atom is -0.381 e. The number of aromatic nitrogens is 3. The van der Waals surface area contributed by atoms with Crippen molar-refractivity contribution >= 4 is 16.9 Å². The number of hydrogen-bond acceptors (Lipinski definition) is 6. The van der Waals surface area contributed by atoms with Crippen LogP contribution in [0.1, 0.15) is 55.0 Å². The summed E-state index contributed by atoms with van der Waals surface area (Å²) in [6.45, 7) is 4.40. The average molecular weight is 425 g/mol. The van der Waals surface area contributed by atoms with Crippen LogP contribution in [0, 0.1) is 13.8 Å². The molecule has 3 aromatic rings. The molecule has 2 aromatic heterocycles. The molecule has 1 amide bonds. The SMILES string of the molecule is COC1CCC(n2c(C3COCC(=O)N3)nc3cc(-c4c(C)noc4C)ccc32)CC1. The first-order valence-corrected chi connectivity index (χ1v) is 10.9. The lowest BCUT2D eigenvalue weighted by molar-refractivity contribution is -0.131. The molecule has 5 rings (SSSR count). The van der Waals surface area contributed by atoms with E-state index in [9.17, 15) is 4.79 Å². The van der Waals surface area contributed by atoms with Crippen molar-refractivity contribution in [1.29, 1.82) is 0 Å². The second-order valence-electron chi connectivity index (χ2n) is 8.54. The van der Waals surface area contributed by atoms with Crippen LogP contribution in [0.3, 0.4) is 0 Å². The van der Waals surface area contributed by atoms with Gasteiger partial charge in [-0.3, -0.25) is 4.79 Å². The van der Waals surface area contributed by atoms with E-state index in [0.717, 1.165) is 65.1 Å². The summed E-state index contributed by atoms with van der Waals surface area (Å²) in [5.41, 5.74) is 4.88. The van der Waals surface area contributed by atoms with Gasteiger partial charge in [0.25, 0.3) is 0 Å². The second kappa shape index (κ2) is 8.09. The first-order chi connectivity index (χ1) is 15.0. The number of imidazole rings is 1. The van der Waals surface area contributed by atoms with E-state index < -0.39 is 0 Å². The number of methoxy groups -OCH3 is 1. The molecule has 1 atom stereocenters. The van der Waals surface area contributed by atoms with Gasteiger partial charge in [-0.15, -0.1) is 0 Å². The summed E-state index contributed by atoms with van der Waals surface area (Å²) in [6.07, 6.45) is 4.39. The number of fused-ring (bicyclic) bond motifs is 1. The molecule has 0 bridgehead atoms. The van der Waals surface area contributed by atoms with Crippen molar-refractivity contribution in [2.75, 3.05) is 20.3 Å². The molecule has 31 heavy (non-hydrogen) atoms. The van der Waals surface area contributed by atoms with Gasteiger partial charge in [0, 0.05) is 18.7 Å². The summed E-state index contributed by atoms with van der Waals surface area (Å²) in [5.74, 6) is 1.55. The van der Waals surface area contributed by atoms with Crippen molar-refractivity contribution in [3.63, 3.8) is 0 Å². The van der Waals surface area contributed by atoms with E-state index in [1.165, 1.54) is 0 Å². The van der Waals surface area contributed by atoms with E-state index in [-0.39, 0.29) is 18.6 Å². The fourth-order valence-electron chi connectivity index (χ4n) is 5.02. The van der Waals surface area contributed by atoms with Gasteiger partial charge in [0.2, 0.25) is 5.91 Å². The third-order valence-corrected chi connectivity index (χ3v) is 6.55. The van der Waals surface area contributed by atoms with E-state index >= 15 is 0 Å². The Bertz CT molecular complexity index is 1090. The minimum absolute atomic E-state index is 0.102. The molecule has 1 aliphatic carbocycles. The van der Waals surface area contributed by atoms with Crippen LogP contribution in [0.25, 0.3) is 22.2 Å². The van der Waals surface area contributed by atoms with Crippen LogP contribution in [0.5, 0.6) is 0 Å². The minimum atomic E-state index is -0.253. The van der Waals surface area contributed by atoms with E-state index in [0.29, 0.717) is 18.8 Å². The van der Waals surface area contributed by atoms with E-state index in [2.05, 4.69) is 33.2 Å². The molecule has 8 nitrogen and oxygen atoms in total. The number of carbonyl (C=O) groups excluding carboxylic acids is 1. The average Bonchev–Trinajstić information content (AvgIpc) is 3.33. The molecule has 1 saturated heterocycles. The molecule has 0 radical (unpaired) electrons. The van der Waals surface area contributed by atoms with Crippen LogP contribution < -0.4 is 5.32 Å². The lowest BCUT2D eigenvalue weighted by atomic mass is 9.92. The molecular formula is C23H28N4O4. The number of hydrogen-bond donors (Lipinski definition) is 1. The fraction of sp³-hybridized carbons (Fsp3) is 0.522. The van der Waals surface area contributed by atoms with Crippen LogP contribution in [-0.4, -0.2) is 47.0 Å². The number of aryl methyl sites for hydroxylation is 2. The molecule has 1 saturated carbocycles. The summed E-state index contributed by atoms with van der Waals surface area (Å²) in [6, 6.07) is 6.38. The Morgan fingerprint density at radius 1 is 1.19 bits per heavy atom. The van der Waals surface area contributed by atoms with Crippen molar-refractivity contribution in [2.45, 2.75) is 57.7 Å². The maximum atomic E-state index is 12.0. The lowest BCUT2D eigenvalue weighted by Gasteiger charge is -2.32. The third kappa shape index (κ3) is 3.64. The Morgan fingerprint density at radius 3 is 2.68 bits per heavy atom. The number of morpholine rings is 1. The number of rotatable bonds is 4. The van der Waals surface area contributed by atoms with Gasteiger partial charge < -0.3 is 23.9 Å². The Morgan fingerprint density at radius 2 is 2.00 bits per heavy atom. The highest BCUT2D eigenvalue weighted by Crippen LogP contribution is 2.37. The molecule has 3 heterocycles. The van der Waals surface area contributed by atoms with Crippen molar-refractivity contribution in [1.82, 2.24) is 20.0 Å². The highest BCUT2D eigenvalue weighted by atomic mass is 16.5. The van der Waals surface area contributed by atoms with Crippen LogP contribution in [0.4, 0.5) is 0 Å². The quantitative estimate of drug-likeness (QED) is 0.688. The van der Waals surface area contributed by atoms with E-state index in [1.807, 2.05) is 13.8 Å². The van der Waals surface area contributed by atoms with Crippen LogP contribution in [0.2, 0.25) is 0 Å². The molecule has 2 fully saturated rings.